The topological polar surface area (TPSA) is 76.0 Å². The van der Waals surface area contributed by atoms with Crippen molar-refractivity contribution in [1.29, 1.82) is 0 Å². The maximum Gasteiger partial charge on any atom is 0.257 e. The smallest absolute Gasteiger partial charge is 0.257 e. The van der Waals surface area contributed by atoms with E-state index in [1.165, 1.54) is 55.5 Å². The number of aryl methyl sites for hydroxylation is 1. The Balaban J connectivity index is 0.00000220. The fraction of sp³-hybridized carbons (Fsp3) is 0.769. The predicted octanol–water partition coefficient (Wildman–Crippen LogP) is 1.43. The molecule has 2 rings (SSSR count). The average molecular weight is 337 g/mol. The van der Waals surface area contributed by atoms with Crippen LogP contribution < -0.4 is 10.0 Å². The van der Waals surface area contributed by atoms with Crippen LogP contribution in [0.2, 0.25) is 0 Å². The summed E-state index contributed by atoms with van der Waals surface area (Å²) in [6.45, 7) is 1.08. The monoisotopic (exact) mass is 336 g/mol. The number of aromatic nitrogens is 2. The van der Waals surface area contributed by atoms with E-state index in [1.807, 2.05) is 0 Å². The number of sulfonamides is 1. The molecule has 8 heteroatoms. The number of nitrogens with zero attached hydrogens (tertiary/aromatic N) is 2. The van der Waals surface area contributed by atoms with Crippen LogP contribution in [0.4, 0.5) is 0 Å². The molecular weight excluding hydrogens is 312 g/mol. The average Bonchev–Trinajstić information content (AvgIpc) is 2.70. The van der Waals surface area contributed by atoms with E-state index in [4.69, 9.17) is 0 Å². The summed E-state index contributed by atoms with van der Waals surface area (Å²) < 4.78 is 28.0. The van der Waals surface area contributed by atoms with Gasteiger partial charge in [-0.3, -0.25) is 4.68 Å². The van der Waals surface area contributed by atoms with Crippen LogP contribution in [0.5, 0.6) is 0 Å². The minimum absolute atomic E-state index is 0. The van der Waals surface area contributed by atoms with Gasteiger partial charge in [0, 0.05) is 26.2 Å². The normalized spacial score (nSPS) is 17.2. The van der Waals surface area contributed by atoms with Crippen molar-refractivity contribution in [2.45, 2.75) is 49.6 Å². The molecule has 0 aromatic carbocycles. The Kier molecular flexibility index (Phi) is 7.65. The van der Waals surface area contributed by atoms with Crippen molar-refractivity contribution in [3.05, 3.63) is 12.3 Å². The van der Waals surface area contributed by atoms with Crippen LogP contribution in [0.25, 0.3) is 0 Å². The van der Waals surface area contributed by atoms with E-state index in [1.54, 1.807) is 7.05 Å². The zero-order valence-electron chi connectivity index (χ0n) is 12.4. The van der Waals surface area contributed by atoms with Gasteiger partial charge in [-0.25, -0.2) is 13.1 Å². The Bertz CT molecular complexity index is 510. The van der Waals surface area contributed by atoms with Crippen molar-refractivity contribution < 1.29 is 8.42 Å². The number of rotatable bonds is 6. The third-order valence-electron chi connectivity index (χ3n) is 3.76. The highest BCUT2D eigenvalue weighted by molar-refractivity contribution is 7.89. The molecule has 6 nitrogen and oxygen atoms in total. The molecule has 1 fully saturated rings. The molecule has 0 unspecified atom stereocenters. The molecule has 1 aliphatic carbocycles. The highest BCUT2D eigenvalue weighted by Gasteiger charge is 2.17. The molecule has 0 saturated heterocycles. The van der Waals surface area contributed by atoms with Crippen molar-refractivity contribution >= 4 is 22.4 Å². The first kappa shape index (κ1) is 18.4. The third kappa shape index (κ3) is 5.58. The van der Waals surface area contributed by atoms with E-state index in [-0.39, 0.29) is 17.4 Å². The van der Waals surface area contributed by atoms with Gasteiger partial charge in [0.25, 0.3) is 10.0 Å². The fourth-order valence-corrected chi connectivity index (χ4v) is 3.80. The summed E-state index contributed by atoms with van der Waals surface area (Å²) in [6, 6.07) is 2.04. The Labute approximate surface area is 133 Å². The molecule has 1 heterocycles. The summed E-state index contributed by atoms with van der Waals surface area (Å²) in [5.41, 5.74) is 0. The van der Waals surface area contributed by atoms with Crippen molar-refractivity contribution in [3.8, 4) is 0 Å². The van der Waals surface area contributed by atoms with Gasteiger partial charge in [-0.05, 0) is 18.9 Å². The van der Waals surface area contributed by atoms with Crippen molar-refractivity contribution in [2.24, 2.45) is 7.05 Å². The molecular formula is C13H25ClN4O2S. The van der Waals surface area contributed by atoms with E-state index in [9.17, 15) is 8.42 Å². The predicted molar refractivity (Wildman–Crippen MR) is 85.1 cm³/mol. The Morgan fingerprint density at radius 2 is 1.90 bits per heavy atom. The van der Waals surface area contributed by atoms with E-state index in [0.29, 0.717) is 19.1 Å². The fourth-order valence-electron chi connectivity index (χ4n) is 2.64. The minimum Gasteiger partial charge on any atom is -0.313 e. The van der Waals surface area contributed by atoms with Gasteiger partial charge in [0.1, 0.15) is 0 Å². The summed E-state index contributed by atoms with van der Waals surface area (Å²) in [4.78, 5) is 0. The molecule has 0 bridgehead atoms. The molecule has 1 aliphatic rings. The van der Waals surface area contributed by atoms with Crippen LogP contribution in [0, 0.1) is 0 Å². The van der Waals surface area contributed by atoms with Gasteiger partial charge in [-0.2, -0.15) is 5.10 Å². The zero-order valence-corrected chi connectivity index (χ0v) is 14.0. The lowest BCUT2D eigenvalue weighted by atomic mass is 10.1. The first-order valence-electron chi connectivity index (χ1n) is 7.30. The Morgan fingerprint density at radius 3 is 2.48 bits per heavy atom. The lowest BCUT2D eigenvalue weighted by molar-refractivity contribution is 0.461. The molecule has 1 aromatic heterocycles. The highest BCUT2D eigenvalue weighted by atomic mass is 35.5. The molecule has 2 N–H and O–H groups in total. The molecule has 0 atom stereocenters. The van der Waals surface area contributed by atoms with Crippen LogP contribution in [0.3, 0.4) is 0 Å². The highest BCUT2D eigenvalue weighted by Crippen LogP contribution is 2.16. The first-order chi connectivity index (χ1) is 9.59. The lowest BCUT2D eigenvalue weighted by Crippen LogP contribution is -2.37. The number of hydrogen-bond donors (Lipinski definition) is 2. The summed E-state index contributed by atoms with van der Waals surface area (Å²) >= 11 is 0. The van der Waals surface area contributed by atoms with Crippen molar-refractivity contribution in [1.82, 2.24) is 19.8 Å². The maximum atomic E-state index is 12.0. The number of halogens is 1. The second-order valence-electron chi connectivity index (χ2n) is 5.33. The first-order valence-corrected chi connectivity index (χ1v) is 8.79. The molecule has 1 saturated carbocycles. The lowest BCUT2D eigenvalue weighted by Gasteiger charge is -2.16. The molecule has 21 heavy (non-hydrogen) atoms. The summed E-state index contributed by atoms with van der Waals surface area (Å²) in [7, 11) is -1.82. The molecule has 122 valence electrons. The summed E-state index contributed by atoms with van der Waals surface area (Å²) in [5.74, 6) is 0. The van der Waals surface area contributed by atoms with Crippen LogP contribution in [-0.2, 0) is 17.1 Å². The minimum atomic E-state index is -3.45. The van der Waals surface area contributed by atoms with Gasteiger partial charge >= 0.3 is 0 Å². The summed E-state index contributed by atoms with van der Waals surface area (Å²) in [5, 5.41) is 7.52. The Hall–Kier alpha value is -0.630. The SMILES string of the molecule is Cl.Cn1nccc1S(=O)(=O)NCCNC1CCCCCC1. The van der Waals surface area contributed by atoms with Crippen LogP contribution in [-0.4, -0.2) is 37.3 Å². The van der Waals surface area contributed by atoms with E-state index in [2.05, 4.69) is 15.1 Å². The number of nitrogens with one attached hydrogen (secondary N) is 2. The van der Waals surface area contributed by atoms with Gasteiger partial charge in [0.05, 0.1) is 6.20 Å². The van der Waals surface area contributed by atoms with Gasteiger partial charge in [-0.15, -0.1) is 12.4 Å². The number of hydrogen-bond acceptors (Lipinski definition) is 4. The van der Waals surface area contributed by atoms with E-state index in [0.717, 1.165) is 0 Å². The summed E-state index contributed by atoms with van der Waals surface area (Å²) in [6.07, 6.45) is 9.09. The standard InChI is InChI=1S/C13H24N4O2S.ClH/c1-17-13(8-9-15-17)20(18,19)16-11-10-14-12-6-4-2-3-5-7-12;/h8-9,12,14,16H,2-7,10-11H2,1H3;1H. The molecule has 0 amide bonds. The largest absolute Gasteiger partial charge is 0.313 e. The van der Waals surface area contributed by atoms with Gasteiger partial charge in [0.15, 0.2) is 5.03 Å². The van der Waals surface area contributed by atoms with Crippen molar-refractivity contribution in [2.75, 3.05) is 13.1 Å². The molecule has 0 aliphatic heterocycles. The molecule has 1 aromatic rings. The van der Waals surface area contributed by atoms with Crippen LogP contribution in [0.1, 0.15) is 38.5 Å². The molecule has 0 spiro atoms. The van der Waals surface area contributed by atoms with Gasteiger partial charge in [-0.1, -0.05) is 25.7 Å². The molecule has 0 radical (unpaired) electrons. The Morgan fingerprint density at radius 1 is 1.24 bits per heavy atom. The van der Waals surface area contributed by atoms with Gasteiger partial charge in [0.2, 0.25) is 0 Å². The quantitative estimate of drug-likeness (QED) is 0.608. The van der Waals surface area contributed by atoms with Gasteiger partial charge < -0.3 is 5.32 Å². The van der Waals surface area contributed by atoms with Crippen molar-refractivity contribution in [3.63, 3.8) is 0 Å². The maximum absolute atomic E-state index is 12.0. The second kappa shape index (κ2) is 8.73. The van der Waals surface area contributed by atoms with E-state index >= 15 is 0 Å². The third-order valence-corrected chi connectivity index (χ3v) is 5.29. The van der Waals surface area contributed by atoms with E-state index < -0.39 is 10.0 Å². The van der Waals surface area contributed by atoms with Crippen LogP contribution in [0.15, 0.2) is 17.3 Å². The second-order valence-corrected chi connectivity index (χ2v) is 7.05. The van der Waals surface area contributed by atoms with Crippen LogP contribution >= 0.6 is 12.4 Å². The zero-order chi connectivity index (χ0) is 14.4.